The Kier molecular flexibility index (Phi) is 6.55. The molecule has 4 heterocycles. The number of aromatic nitrogens is 3. The lowest BCUT2D eigenvalue weighted by molar-refractivity contribution is -0.123. The van der Waals surface area contributed by atoms with Crippen molar-refractivity contribution in [3.8, 4) is 0 Å². The Morgan fingerprint density at radius 2 is 1.95 bits per heavy atom. The number of halogens is 2. The maximum atomic E-state index is 14.2. The molecule has 4 aromatic rings. The first-order chi connectivity index (χ1) is 19.1. The Morgan fingerprint density at radius 1 is 1.18 bits per heavy atom. The molecule has 11 nitrogen and oxygen atoms in total. The molecule has 2 aliphatic heterocycles. The third-order valence-electron chi connectivity index (χ3n) is 6.71. The Morgan fingerprint density at radius 3 is 2.73 bits per heavy atom. The van der Waals surface area contributed by atoms with Crippen LogP contribution in [0.5, 0.6) is 0 Å². The van der Waals surface area contributed by atoms with Crippen molar-refractivity contribution in [2.24, 2.45) is 5.92 Å². The molecule has 0 aliphatic carbocycles. The predicted molar refractivity (Wildman–Crippen MR) is 146 cm³/mol. The van der Waals surface area contributed by atoms with E-state index in [0.29, 0.717) is 5.39 Å². The molecule has 3 amide bonds. The number of carbonyl (C=O) groups is 3. The number of hydrogen-bond acceptors (Lipinski definition) is 8. The van der Waals surface area contributed by atoms with E-state index in [1.54, 1.807) is 12.1 Å². The molecule has 2 aromatic heterocycles. The summed E-state index contributed by atoms with van der Waals surface area (Å²) in [5, 5.41) is 8.92. The first-order valence-corrected chi connectivity index (χ1v) is 15.1. The second-order valence-corrected chi connectivity index (χ2v) is 12.9. The summed E-state index contributed by atoms with van der Waals surface area (Å²) < 4.78 is 43.6. The second-order valence-electron chi connectivity index (χ2n) is 9.56. The molecule has 0 radical (unpaired) electrons. The highest BCUT2D eigenvalue weighted by Crippen LogP contribution is 2.36. The van der Waals surface area contributed by atoms with Crippen molar-refractivity contribution >= 4 is 66.6 Å². The maximum Gasteiger partial charge on any atom is 0.287 e. The van der Waals surface area contributed by atoms with Crippen LogP contribution in [0.25, 0.3) is 10.1 Å². The zero-order chi connectivity index (χ0) is 28.2. The van der Waals surface area contributed by atoms with Crippen LogP contribution < -0.4 is 16.0 Å². The van der Waals surface area contributed by atoms with Gasteiger partial charge in [-0.3, -0.25) is 14.4 Å². The fraction of sp³-hybridized carbons (Fsp3) is 0.240. The van der Waals surface area contributed by atoms with Gasteiger partial charge in [0.1, 0.15) is 18.1 Å². The monoisotopic (exact) mass is 602 g/mol. The van der Waals surface area contributed by atoms with Crippen molar-refractivity contribution in [2.45, 2.75) is 12.6 Å². The summed E-state index contributed by atoms with van der Waals surface area (Å²) in [6.45, 7) is -0.208. The molecule has 3 N–H and O–H groups in total. The maximum absolute atomic E-state index is 14.2. The SMILES string of the molecule is O=C1Cn2c(C(=O)NCC3CS(=O)(=O)C3)nc(NC(=O)c3nsc4ccccc34)c2[C@@H](c2cc(F)ccc2Cl)N1. The van der Waals surface area contributed by atoms with Gasteiger partial charge in [-0.25, -0.2) is 17.8 Å². The lowest BCUT2D eigenvalue weighted by Gasteiger charge is -2.28. The third kappa shape index (κ3) is 4.82. The van der Waals surface area contributed by atoms with E-state index in [9.17, 15) is 27.2 Å². The zero-order valence-corrected chi connectivity index (χ0v) is 22.9. The number of imidazole rings is 1. The highest BCUT2D eigenvalue weighted by molar-refractivity contribution is 7.92. The summed E-state index contributed by atoms with van der Waals surface area (Å²) >= 11 is 7.53. The van der Waals surface area contributed by atoms with E-state index in [1.165, 1.54) is 16.7 Å². The summed E-state index contributed by atoms with van der Waals surface area (Å²) in [5.41, 5.74) is 0.577. The van der Waals surface area contributed by atoms with Gasteiger partial charge in [0, 0.05) is 28.4 Å². The Hall–Kier alpha value is -3.88. The Labute approximate surface area is 235 Å². The first kappa shape index (κ1) is 26.3. The molecule has 1 fully saturated rings. The fourth-order valence-corrected chi connectivity index (χ4v) is 7.46. The van der Waals surface area contributed by atoms with E-state index >= 15 is 0 Å². The number of nitrogens with one attached hydrogen (secondary N) is 3. The molecule has 206 valence electrons. The van der Waals surface area contributed by atoms with E-state index in [0.717, 1.165) is 22.3 Å². The average Bonchev–Trinajstić information content (AvgIpc) is 3.49. The number of fused-ring (bicyclic) bond motifs is 2. The third-order valence-corrected chi connectivity index (χ3v) is 9.84. The highest BCUT2D eigenvalue weighted by atomic mass is 35.5. The quantitative estimate of drug-likeness (QED) is 0.307. The van der Waals surface area contributed by atoms with Crippen LogP contribution in [0.3, 0.4) is 0 Å². The Bertz CT molecular complexity index is 1810. The van der Waals surface area contributed by atoms with Gasteiger partial charge in [0.25, 0.3) is 11.8 Å². The van der Waals surface area contributed by atoms with Crippen LogP contribution in [0.2, 0.25) is 5.02 Å². The molecule has 0 unspecified atom stereocenters. The fourth-order valence-electron chi connectivity index (χ4n) is 4.88. The van der Waals surface area contributed by atoms with Gasteiger partial charge >= 0.3 is 0 Å². The van der Waals surface area contributed by atoms with Gasteiger partial charge < -0.3 is 20.5 Å². The summed E-state index contributed by atoms with van der Waals surface area (Å²) in [6, 6.07) is 9.81. The minimum atomic E-state index is -3.08. The highest BCUT2D eigenvalue weighted by Gasteiger charge is 2.37. The minimum Gasteiger partial charge on any atom is -0.349 e. The van der Waals surface area contributed by atoms with Gasteiger partial charge in [0.2, 0.25) is 11.7 Å². The predicted octanol–water partition coefficient (Wildman–Crippen LogP) is 2.53. The van der Waals surface area contributed by atoms with Gasteiger partial charge in [-0.05, 0) is 35.8 Å². The van der Waals surface area contributed by atoms with Crippen LogP contribution in [0.15, 0.2) is 42.5 Å². The molecule has 6 rings (SSSR count). The topological polar surface area (TPSA) is 152 Å². The van der Waals surface area contributed by atoms with Crippen LogP contribution in [-0.2, 0) is 21.2 Å². The van der Waals surface area contributed by atoms with Crippen molar-refractivity contribution in [2.75, 3.05) is 23.4 Å². The van der Waals surface area contributed by atoms with Gasteiger partial charge in [-0.1, -0.05) is 29.8 Å². The van der Waals surface area contributed by atoms with Gasteiger partial charge in [-0.2, -0.15) is 4.37 Å². The number of hydrogen-bond donors (Lipinski definition) is 3. The van der Waals surface area contributed by atoms with Crippen molar-refractivity contribution < 1.29 is 27.2 Å². The van der Waals surface area contributed by atoms with Gasteiger partial charge in [0.05, 0.1) is 27.9 Å². The number of anilines is 1. The molecular formula is C25H20ClFN6O5S2. The molecule has 0 saturated carbocycles. The lowest BCUT2D eigenvalue weighted by Crippen LogP contribution is -2.45. The molecular weight excluding hydrogens is 583 g/mol. The van der Waals surface area contributed by atoms with Crippen molar-refractivity contribution in [1.29, 1.82) is 0 Å². The van der Waals surface area contributed by atoms with Gasteiger partial charge in [-0.15, -0.1) is 0 Å². The minimum absolute atomic E-state index is 0.0293. The number of amides is 3. The Balaban J connectivity index is 1.40. The summed E-state index contributed by atoms with van der Waals surface area (Å²) in [7, 11) is -3.08. The lowest BCUT2D eigenvalue weighted by atomic mass is 10.0. The number of benzene rings is 2. The molecule has 2 aromatic carbocycles. The molecule has 15 heteroatoms. The molecule has 1 saturated heterocycles. The number of sulfone groups is 1. The number of nitrogens with zero attached hydrogens (tertiary/aromatic N) is 3. The second kappa shape index (κ2) is 9.94. The standard InChI is InChI=1S/C25H20ClFN6O5S2/c26-16-6-5-13(27)7-15(16)19-21-22(31-24(35)20-14-3-1-2-4-17(14)39-32-20)30-23(33(21)9-18(34)29-19)25(36)28-8-12-10-40(37,38)11-12/h1-7,12,19H,8-11H2,(H,28,36)(H,29,34)(H,31,35)/t19-/m1/s1. The largest absolute Gasteiger partial charge is 0.349 e. The van der Waals surface area contributed by atoms with Crippen molar-refractivity contribution in [3.05, 3.63) is 76.1 Å². The summed E-state index contributed by atoms with van der Waals surface area (Å²) in [4.78, 5) is 43.7. The van der Waals surface area contributed by atoms with E-state index in [4.69, 9.17) is 11.6 Å². The van der Waals surface area contributed by atoms with E-state index < -0.39 is 39.4 Å². The van der Waals surface area contributed by atoms with Crippen molar-refractivity contribution in [1.82, 2.24) is 24.6 Å². The van der Waals surface area contributed by atoms with Crippen LogP contribution in [0.4, 0.5) is 10.2 Å². The van der Waals surface area contributed by atoms with Gasteiger partial charge in [0.15, 0.2) is 15.7 Å². The first-order valence-electron chi connectivity index (χ1n) is 12.1. The smallest absolute Gasteiger partial charge is 0.287 e. The normalized spacial score (nSPS) is 18.1. The van der Waals surface area contributed by atoms with E-state index in [1.807, 2.05) is 12.1 Å². The molecule has 0 spiro atoms. The van der Waals surface area contributed by atoms with Crippen LogP contribution in [-0.4, -0.2) is 58.1 Å². The molecule has 2 aliphatic rings. The van der Waals surface area contributed by atoms with Crippen LogP contribution in [0.1, 0.15) is 38.4 Å². The number of rotatable bonds is 6. The van der Waals surface area contributed by atoms with E-state index in [-0.39, 0.29) is 64.1 Å². The summed E-state index contributed by atoms with van der Waals surface area (Å²) in [6.07, 6.45) is 0. The molecule has 1 atom stereocenters. The summed E-state index contributed by atoms with van der Waals surface area (Å²) in [5.74, 6) is -2.85. The van der Waals surface area contributed by atoms with E-state index in [2.05, 4.69) is 25.3 Å². The van der Waals surface area contributed by atoms with Crippen LogP contribution in [0, 0.1) is 11.7 Å². The van der Waals surface area contributed by atoms with Crippen LogP contribution >= 0.6 is 23.1 Å². The average molecular weight is 603 g/mol. The zero-order valence-electron chi connectivity index (χ0n) is 20.5. The molecule has 40 heavy (non-hydrogen) atoms. The molecule has 0 bridgehead atoms. The van der Waals surface area contributed by atoms with Crippen molar-refractivity contribution in [3.63, 3.8) is 0 Å². The number of carbonyl (C=O) groups excluding carboxylic acids is 3.